The Bertz CT molecular complexity index is 610. The standard InChI is InChI=1S/C14H17BrN2O/c1-9(2)13-10(3)16-17(14(13)18)8-11-5-4-6-12(15)7-11/h4-7,9,16H,8H2,1-3H3. The van der Waals surface area contributed by atoms with Crippen LogP contribution < -0.4 is 5.56 Å². The highest BCUT2D eigenvalue weighted by Crippen LogP contribution is 2.15. The summed E-state index contributed by atoms with van der Waals surface area (Å²) in [6.07, 6.45) is 0. The highest BCUT2D eigenvalue weighted by atomic mass is 79.9. The van der Waals surface area contributed by atoms with Gasteiger partial charge in [0, 0.05) is 15.7 Å². The molecule has 3 nitrogen and oxygen atoms in total. The molecule has 1 N–H and O–H groups in total. The molecule has 0 bridgehead atoms. The van der Waals surface area contributed by atoms with Crippen molar-refractivity contribution in [2.24, 2.45) is 0 Å². The first-order valence-corrected chi connectivity index (χ1v) is 6.82. The van der Waals surface area contributed by atoms with Crippen LogP contribution in [0.15, 0.2) is 33.5 Å². The Morgan fingerprint density at radius 2 is 2.11 bits per heavy atom. The minimum Gasteiger partial charge on any atom is -0.299 e. The number of aromatic nitrogens is 2. The number of halogens is 1. The molecule has 1 aromatic heterocycles. The zero-order valence-electron chi connectivity index (χ0n) is 10.8. The van der Waals surface area contributed by atoms with Gasteiger partial charge in [-0.1, -0.05) is 41.9 Å². The lowest BCUT2D eigenvalue weighted by atomic mass is 10.1. The first-order valence-electron chi connectivity index (χ1n) is 6.02. The summed E-state index contributed by atoms with van der Waals surface area (Å²) in [6, 6.07) is 8.00. The van der Waals surface area contributed by atoms with Crippen LogP contribution in [0.5, 0.6) is 0 Å². The second-order valence-corrected chi connectivity index (χ2v) is 5.74. The van der Waals surface area contributed by atoms with Crippen LogP contribution in [0.25, 0.3) is 0 Å². The average molecular weight is 309 g/mol. The number of nitrogens with one attached hydrogen (secondary N) is 1. The summed E-state index contributed by atoms with van der Waals surface area (Å²) in [4.78, 5) is 12.2. The summed E-state index contributed by atoms with van der Waals surface area (Å²) < 4.78 is 2.70. The molecule has 0 saturated carbocycles. The van der Waals surface area contributed by atoms with Crippen molar-refractivity contribution in [2.75, 3.05) is 0 Å². The molecule has 2 rings (SSSR count). The third-order valence-corrected chi connectivity index (χ3v) is 3.48. The van der Waals surface area contributed by atoms with Gasteiger partial charge >= 0.3 is 0 Å². The van der Waals surface area contributed by atoms with E-state index in [2.05, 4.69) is 21.0 Å². The Morgan fingerprint density at radius 3 is 2.67 bits per heavy atom. The molecule has 0 fully saturated rings. The van der Waals surface area contributed by atoms with Crippen molar-refractivity contribution in [3.63, 3.8) is 0 Å². The molecule has 0 atom stereocenters. The van der Waals surface area contributed by atoms with Crippen molar-refractivity contribution in [1.29, 1.82) is 0 Å². The van der Waals surface area contributed by atoms with Crippen LogP contribution in [0.3, 0.4) is 0 Å². The maximum absolute atomic E-state index is 12.2. The van der Waals surface area contributed by atoms with Gasteiger partial charge in [-0.2, -0.15) is 0 Å². The molecule has 0 radical (unpaired) electrons. The maximum atomic E-state index is 12.2. The van der Waals surface area contributed by atoms with Gasteiger partial charge in [0.15, 0.2) is 0 Å². The van der Waals surface area contributed by atoms with E-state index in [0.29, 0.717) is 6.54 Å². The number of hydrogen-bond acceptors (Lipinski definition) is 1. The summed E-state index contributed by atoms with van der Waals surface area (Å²) in [5.74, 6) is 0.248. The summed E-state index contributed by atoms with van der Waals surface area (Å²) in [5, 5.41) is 3.15. The number of rotatable bonds is 3. The minimum atomic E-state index is 0.0856. The van der Waals surface area contributed by atoms with E-state index >= 15 is 0 Å². The molecular weight excluding hydrogens is 292 g/mol. The molecule has 0 aliphatic heterocycles. The SMILES string of the molecule is Cc1[nH]n(Cc2cccc(Br)c2)c(=O)c1C(C)C. The number of H-pyrrole nitrogens is 1. The van der Waals surface area contributed by atoms with E-state index in [-0.39, 0.29) is 11.5 Å². The van der Waals surface area contributed by atoms with Gasteiger partial charge in [-0.05, 0) is 30.5 Å². The maximum Gasteiger partial charge on any atom is 0.270 e. The second kappa shape index (κ2) is 5.14. The molecule has 0 aliphatic rings. The fraction of sp³-hybridized carbons (Fsp3) is 0.357. The number of aromatic amines is 1. The van der Waals surface area contributed by atoms with Crippen molar-refractivity contribution >= 4 is 15.9 Å². The van der Waals surface area contributed by atoms with Gasteiger partial charge in [0.2, 0.25) is 0 Å². The number of nitrogens with zero attached hydrogens (tertiary/aromatic N) is 1. The third-order valence-electron chi connectivity index (χ3n) is 2.99. The van der Waals surface area contributed by atoms with Crippen LogP contribution in [0.4, 0.5) is 0 Å². The lowest BCUT2D eigenvalue weighted by Crippen LogP contribution is -2.20. The predicted molar refractivity (Wildman–Crippen MR) is 77.1 cm³/mol. The monoisotopic (exact) mass is 308 g/mol. The van der Waals surface area contributed by atoms with Crippen molar-refractivity contribution in [3.8, 4) is 0 Å². The molecule has 0 spiro atoms. The van der Waals surface area contributed by atoms with Gasteiger partial charge in [0.1, 0.15) is 0 Å². The van der Waals surface area contributed by atoms with Crippen molar-refractivity contribution < 1.29 is 0 Å². The van der Waals surface area contributed by atoms with Crippen molar-refractivity contribution in [1.82, 2.24) is 9.78 Å². The zero-order valence-corrected chi connectivity index (χ0v) is 12.4. The normalized spacial score (nSPS) is 11.2. The summed E-state index contributed by atoms with van der Waals surface area (Å²) in [6.45, 7) is 6.61. The highest BCUT2D eigenvalue weighted by molar-refractivity contribution is 9.10. The molecule has 0 amide bonds. The smallest absolute Gasteiger partial charge is 0.270 e. The van der Waals surface area contributed by atoms with Crippen LogP contribution in [0.1, 0.15) is 36.6 Å². The van der Waals surface area contributed by atoms with Crippen LogP contribution >= 0.6 is 15.9 Å². The van der Waals surface area contributed by atoms with Crippen LogP contribution in [-0.4, -0.2) is 9.78 Å². The fourth-order valence-electron chi connectivity index (χ4n) is 2.23. The van der Waals surface area contributed by atoms with E-state index in [1.165, 1.54) is 0 Å². The molecule has 0 saturated heterocycles. The van der Waals surface area contributed by atoms with Gasteiger partial charge in [-0.25, -0.2) is 4.68 Å². The van der Waals surface area contributed by atoms with Crippen LogP contribution in [-0.2, 0) is 6.54 Å². The molecule has 0 unspecified atom stereocenters. The summed E-state index contributed by atoms with van der Waals surface area (Å²) in [5.41, 5.74) is 3.03. The molecule has 96 valence electrons. The van der Waals surface area contributed by atoms with E-state index < -0.39 is 0 Å². The zero-order chi connectivity index (χ0) is 13.3. The predicted octanol–water partition coefficient (Wildman–Crippen LogP) is 3.42. The Kier molecular flexibility index (Phi) is 3.76. The number of hydrogen-bond donors (Lipinski definition) is 1. The Morgan fingerprint density at radius 1 is 1.39 bits per heavy atom. The molecule has 0 aliphatic carbocycles. The van der Waals surface area contributed by atoms with Gasteiger partial charge in [-0.3, -0.25) is 9.89 Å². The molecule has 1 aromatic carbocycles. The van der Waals surface area contributed by atoms with Crippen LogP contribution in [0, 0.1) is 6.92 Å². The molecule has 1 heterocycles. The van der Waals surface area contributed by atoms with Crippen LogP contribution in [0.2, 0.25) is 0 Å². The first-order chi connectivity index (χ1) is 8.49. The lowest BCUT2D eigenvalue weighted by molar-refractivity contribution is 0.655. The van der Waals surface area contributed by atoms with E-state index in [9.17, 15) is 4.79 Å². The second-order valence-electron chi connectivity index (χ2n) is 4.83. The van der Waals surface area contributed by atoms with Gasteiger partial charge in [0.25, 0.3) is 5.56 Å². The Labute approximate surface area is 115 Å². The summed E-state index contributed by atoms with van der Waals surface area (Å²) in [7, 11) is 0. The minimum absolute atomic E-state index is 0.0856. The Balaban J connectivity index is 2.36. The molecule has 2 aromatic rings. The van der Waals surface area contributed by atoms with Gasteiger partial charge in [-0.15, -0.1) is 0 Å². The fourth-order valence-corrected chi connectivity index (χ4v) is 2.68. The van der Waals surface area contributed by atoms with Crippen molar-refractivity contribution in [3.05, 3.63) is 55.9 Å². The summed E-state index contributed by atoms with van der Waals surface area (Å²) >= 11 is 3.44. The number of aryl methyl sites for hydroxylation is 1. The topological polar surface area (TPSA) is 37.8 Å². The van der Waals surface area contributed by atoms with E-state index in [0.717, 1.165) is 21.3 Å². The highest BCUT2D eigenvalue weighted by Gasteiger charge is 2.14. The largest absolute Gasteiger partial charge is 0.299 e. The Hall–Kier alpha value is -1.29. The lowest BCUT2D eigenvalue weighted by Gasteiger charge is -2.03. The van der Waals surface area contributed by atoms with Gasteiger partial charge in [0.05, 0.1) is 6.54 Å². The molecule has 18 heavy (non-hydrogen) atoms. The van der Waals surface area contributed by atoms with E-state index in [4.69, 9.17) is 0 Å². The quantitative estimate of drug-likeness (QED) is 0.927. The van der Waals surface area contributed by atoms with Crippen molar-refractivity contribution in [2.45, 2.75) is 33.2 Å². The van der Waals surface area contributed by atoms with Gasteiger partial charge < -0.3 is 0 Å². The van der Waals surface area contributed by atoms with E-state index in [1.54, 1.807) is 4.68 Å². The average Bonchev–Trinajstić information content (AvgIpc) is 2.54. The molecular formula is C14H17BrN2O. The number of benzene rings is 1. The third kappa shape index (κ3) is 2.58. The first kappa shape index (κ1) is 13.1. The molecule has 4 heteroatoms. The van der Waals surface area contributed by atoms with E-state index in [1.807, 2.05) is 45.0 Å².